The Labute approximate surface area is 640 Å². The molecule has 0 saturated heterocycles. The van der Waals surface area contributed by atoms with Gasteiger partial charge in [0.15, 0.2) is 10.2 Å². The molecule has 6 aromatic carbocycles. The fourth-order valence-electron chi connectivity index (χ4n) is 12.6. The highest BCUT2D eigenvalue weighted by Crippen LogP contribution is 2.41. The number of carbonyl (C=O) groups excluding carboxylic acids is 4. The number of hydrogen-bond acceptors (Lipinski definition) is 18. The summed E-state index contributed by atoms with van der Waals surface area (Å²) in [5, 5.41) is 14.6. The van der Waals surface area contributed by atoms with Crippen molar-refractivity contribution in [2.45, 2.75) is 93.9 Å². The average Bonchev–Trinajstić information content (AvgIpc) is 1.58. The number of amides is 4. The molecule has 10 aromatic rings. The van der Waals surface area contributed by atoms with E-state index >= 15 is 0 Å². The predicted molar refractivity (Wildman–Crippen MR) is 438 cm³/mol. The molecule has 0 atom stereocenters. The summed E-state index contributed by atoms with van der Waals surface area (Å²) in [5.74, 6) is 5.05. The van der Waals surface area contributed by atoms with Crippen molar-refractivity contribution in [1.82, 2.24) is 44.0 Å². The van der Waals surface area contributed by atoms with Crippen LogP contribution in [0, 0.1) is 6.92 Å². The SMILES string of the molecule is CC(=O)NN.CCN(CC)CC(=O)N1c2ccccc2CCc2ccc(N)cc21.CCN(CC)CC(=O)N1c2ccccc2CCc2ccc(NC(=S)n3ccccc3=O)cc21.CCN(CC)CC(=O)N1c2ccccc2CCc2ccc(Nc3nnc(C)o3)cc21.O=c1ccccn1C(=S)n1ccccc1=O. The highest BCUT2D eigenvalue weighted by Gasteiger charge is 2.31. The van der Waals surface area contributed by atoms with Crippen LogP contribution in [-0.4, -0.2) is 131 Å². The van der Waals surface area contributed by atoms with Crippen LogP contribution in [0.25, 0.3) is 0 Å². The van der Waals surface area contributed by atoms with E-state index in [1.807, 2.05) is 123 Å². The van der Waals surface area contributed by atoms with Crippen molar-refractivity contribution < 1.29 is 23.6 Å². The predicted octanol–water partition coefficient (Wildman–Crippen LogP) is 11.5. The number of nitrogens with two attached hydrogens (primary N) is 2. The van der Waals surface area contributed by atoms with E-state index in [2.05, 4.69) is 107 Å². The molecule has 0 bridgehead atoms. The maximum Gasteiger partial charge on any atom is 0.320 e. The number of anilines is 10. The van der Waals surface area contributed by atoms with E-state index in [4.69, 9.17) is 34.6 Å². The van der Waals surface area contributed by atoms with E-state index < -0.39 is 0 Å². The fourth-order valence-corrected chi connectivity index (χ4v) is 13.2. The molecule has 26 heteroatoms. The van der Waals surface area contributed by atoms with Crippen LogP contribution in [0.4, 0.5) is 57.2 Å². The average molecular weight is 1500 g/mol. The Bertz CT molecular complexity index is 4930. The number of hydrazine groups is 1. The van der Waals surface area contributed by atoms with E-state index in [1.165, 1.54) is 67.9 Å². The molecule has 0 aliphatic carbocycles. The van der Waals surface area contributed by atoms with Crippen LogP contribution in [0.3, 0.4) is 0 Å². The third kappa shape index (κ3) is 20.8. The van der Waals surface area contributed by atoms with Gasteiger partial charge in [0, 0.05) is 67.7 Å². The van der Waals surface area contributed by atoms with Crippen molar-refractivity contribution >= 4 is 115 Å². The van der Waals surface area contributed by atoms with Crippen LogP contribution < -0.4 is 59.0 Å². The largest absolute Gasteiger partial charge is 0.408 e. The second-order valence-electron chi connectivity index (χ2n) is 25.4. The van der Waals surface area contributed by atoms with Gasteiger partial charge in [-0.2, -0.15) is 0 Å². The Morgan fingerprint density at radius 3 is 1.14 bits per heavy atom. The summed E-state index contributed by atoms with van der Waals surface area (Å²) in [6.07, 6.45) is 10.0. The lowest BCUT2D eigenvalue weighted by Crippen LogP contribution is -2.38. The molecule has 13 rings (SSSR count). The molecular formula is C82H94N16O8S2. The zero-order valence-electron chi connectivity index (χ0n) is 62.3. The third-order valence-electron chi connectivity index (χ3n) is 18.5. The molecule has 562 valence electrons. The summed E-state index contributed by atoms with van der Waals surface area (Å²) in [6, 6.07) is 57.0. The molecule has 0 fully saturated rings. The second-order valence-corrected chi connectivity index (χ2v) is 26.2. The first-order chi connectivity index (χ1) is 52.2. The Morgan fingerprint density at radius 2 is 0.778 bits per heavy atom. The minimum Gasteiger partial charge on any atom is -0.408 e. The Hall–Kier alpha value is -11.4. The molecule has 7 N–H and O–H groups in total. The number of nitrogens with zero attached hydrogens (tertiary/aromatic N) is 11. The van der Waals surface area contributed by atoms with Crippen molar-refractivity contribution in [3.05, 3.63) is 271 Å². The summed E-state index contributed by atoms with van der Waals surface area (Å²) < 4.78 is 9.33. The lowest BCUT2D eigenvalue weighted by Gasteiger charge is -2.28. The van der Waals surface area contributed by atoms with Gasteiger partial charge in [0.05, 0.1) is 53.8 Å². The Morgan fingerprint density at radius 1 is 0.444 bits per heavy atom. The number of nitrogen functional groups attached to an aromatic ring is 1. The number of carbonyl (C=O) groups is 4. The van der Waals surface area contributed by atoms with Gasteiger partial charge in [0.2, 0.25) is 29.5 Å². The summed E-state index contributed by atoms with van der Waals surface area (Å²) in [4.78, 5) is 97.0. The molecule has 24 nitrogen and oxygen atoms in total. The number of likely N-dealkylation sites (N-methyl/N-ethyl adjacent to an activating group) is 3. The Kier molecular flexibility index (Phi) is 29.3. The van der Waals surface area contributed by atoms with Crippen LogP contribution >= 0.6 is 24.4 Å². The topological polar surface area (TPSA) is 281 Å². The molecule has 7 heterocycles. The van der Waals surface area contributed by atoms with Gasteiger partial charge in [0.1, 0.15) is 0 Å². The number of rotatable bonds is 15. The standard InChI is InChI=1S/C26H28N4O2S.C23H27N5O2.C20H25N3O.C11H8N2O2S.C2H6N2O/c1-3-28(4-2)18-25(32)30-22-10-6-5-9-19(22)12-13-20-14-15-21(17-23(20)30)27-26(33)29-16-8-7-11-24(29)31;1-4-27(5-2)15-22(29)28-20-9-7-6-8-17(20)10-11-18-12-13-19(14-21(18)28)24-23-26-25-16(3)30-23;1-3-22(4-2)14-20(24)23-18-8-6-5-7-15(18)9-10-16-11-12-17(21)13-19(16)23;14-9-5-1-3-7-12(9)11(16)13-8-4-2-6-10(13)15;1-2(5)4-3/h5-11,14-17H,3-4,12-13,18H2,1-2H3,(H,27,33);6-9,12-14H,4-5,10-11,15H2,1-3H3,(H,24,26);5-8,11-13H,3-4,9-10,14,21H2,1-2H3;1-8H;3H2,1H3,(H,4,5). The summed E-state index contributed by atoms with van der Waals surface area (Å²) in [7, 11) is 0. The van der Waals surface area contributed by atoms with Gasteiger partial charge < -0.3 is 20.8 Å². The highest BCUT2D eigenvalue weighted by molar-refractivity contribution is 7.80. The van der Waals surface area contributed by atoms with Gasteiger partial charge in [-0.1, -0.05) is 138 Å². The first-order valence-electron chi connectivity index (χ1n) is 36.2. The monoisotopic (exact) mass is 1490 g/mol. The van der Waals surface area contributed by atoms with Gasteiger partial charge in [0.25, 0.3) is 16.7 Å². The van der Waals surface area contributed by atoms with Gasteiger partial charge in [-0.05, 0) is 208 Å². The number of nitrogens with one attached hydrogen (secondary N) is 3. The normalized spacial score (nSPS) is 12.2. The lowest BCUT2D eigenvalue weighted by atomic mass is 10.0. The summed E-state index contributed by atoms with van der Waals surface area (Å²) in [6.45, 7) is 21.7. The van der Waals surface area contributed by atoms with E-state index in [0.29, 0.717) is 37.2 Å². The maximum absolute atomic E-state index is 13.6. The van der Waals surface area contributed by atoms with E-state index in [9.17, 15) is 33.6 Å². The van der Waals surface area contributed by atoms with Gasteiger partial charge >= 0.3 is 6.01 Å². The smallest absolute Gasteiger partial charge is 0.320 e. The van der Waals surface area contributed by atoms with Crippen LogP contribution in [0.15, 0.2) is 219 Å². The number of aromatic nitrogens is 5. The number of fused-ring (bicyclic) bond motifs is 6. The number of aryl methyl sites for hydroxylation is 7. The molecule has 0 radical (unpaired) electrons. The van der Waals surface area contributed by atoms with Crippen molar-refractivity contribution in [1.29, 1.82) is 0 Å². The minimum atomic E-state index is -0.261. The molecule has 3 aliphatic rings. The third-order valence-corrected chi connectivity index (χ3v) is 19.2. The van der Waals surface area contributed by atoms with Crippen molar-refractivity contribution in [3.63, 3.8) is 0 Å². The molecule has 0 spiro atoms. The van der Waals surface area contributed by atoms with E-state index in [0.717, 1.165) is 140 Å². The highest BCUT2D eigenvalue weighted by atomic mass is 32.1. The first kappa shape index (κ1) is 80.7. The molecule has 3 aliphatic heterocycles. The maximum atomic E-state index is 13.6. The summed E-state index contributed by atoms with van der Waals surface area (Å²) in [5.41, 5.74) is 21.9. The molecule has 0 unspecified atom stereocenters. The number of benzene rings is 6. The fraction of sp³-hybridized carbons (Fsp3) is 0.280. The van der Waals surface area contributed by atoms with Crippen molar-refractivity contribution in [3.8, 4) is 0 Å². The molecular weight excluding hydrogens is 1400 g/mol. The van der Waals surface area contributed by atoms with Crippen LogP contribution in [0.2, 0.25) is 0 Å². The number of hydrogen-bond donors (Lipinski definition) is 5. The van der Waals surface area contributed by atoms with Crippen LogP contribution in [-0.2, 0) is 57.7 Å². The van der Waals surface area contributed by atoms with Gasteiger partial charge in [-0.15, -0.1) is 5.10 Å². The summed E-state index contributed by atoms with van der Waals surface area (Å²) >= 11 is 10.6. The number of thiocarbonyl (C=S) groups is 2. The molecule has 4 amide bonds. The lowest BCUT2D eigenvalue weighted by molar-refractivity contribution is -0.119. The zero-order chi connectivity index (χ0) is 77.4. The Balaban J connectivity index is 0.000000167. The first-order valence-corrected chi connectivity index (χ1v) is 37.0. The van der Waals surface area contributed by atoms with Crippen LogP contribution in [0.1, 0.15) is 87.7 Å². The minimum absolute atomic E-state index is 0.0355. The molecule has 4 aromatic heterocycles. The zero-order valence-corrected chi connectivity index (χ0v) is 63.9. The molecule has 0 saturated carbocycles. The van der Waals surface area contributed by atoms with Crippen LogP contribution in [0.5, 0.6) is 0 Å². The van der Waals surface area contributed by atoms with E-state index in [-0.39, 0.29) is 50.5 Å². The van der Waals surface area contributed by atoms with Gasteiger partial charge in [-0.3, -0.25) is 82.1 Å². The van der Waals surface area contributed by atoms with Gasteiger partial charge in [-0.25, -0.2) is 5.84 Å². The van der Waals surface area contributed by atoms with E-state index in [1.54, 1.807) is 49.5 Å². The second kappa shape index (κ2) is 39.3. The van der Waals surface area contributed by atoms with Crippen molar-refractivity contribution in [2.24, 2.45) is 5.84 Å². The number of pyridine rings is 3. The van der Waals surface area contributed by atoms with Crippen molar-refractivity contribution in [2.75, 3.05) is 90.0 Å². The number of para-hydroxylation sites is 3. The quantitative estimate of drug-likeness (QED) is 0.0210. The molecule has 108 heavy (non-hydrogen) atoms.